The number of anilines is 1. The van der Waals surface area contributed by atoms with E-state index >= 15 is 0 Å². The molecule has 4 nitrogen and oxygen atoms in total. The summed E-state index contributed by atoms with van der Waals surface area (Å²) in [6.07, 6.45) is 10.5. The number of rotatable bonds is 4. The van der Waals surface area contributed by atoms with Crippen molar-refractivity contribution in [1.29, 1.82) is 0 Å². The molecule has 0 aromatic carbocycles. The molecule has 0 aliphatic heterocycles. The van der Waals surface area contributed by atoms with Crippen LogP contribution in [-0.4, -0.2) is 23.6 Å². The zero-order valence-corrected chi connectivity index (χ0v) is 15.7. The SMILES string of the molecule is CCOC(=O)c1cnc2c(c1N[C@H]1C[C@H]3CC[C@]1(C)C3(C)C)C=CC2. The van der Waals surface area contributed by atoms with Gasteiger partial charge in [0, 0.05) is 24.2 Å². The molecule has 134 valence electrons. The molecule has 1 heterocycles. The van der Waals surface area contributed by atoms with Crippen molar-refractivity contribution in [3.8, 4) is 0 Å². The zero-order valence-electron chi connectivity index (χ0n) is 15.7. The second-order valence-corrected chi connectivity index (χ2v) is 8.54. The maximum absolute atomic E-state index is 12.5. The second-order valence-electron chi connectivity index (χ2n) is 8.54. The molecule has 1 N–H and O–H groups in total. The third-order valence-electron chi connectivity index (χ3n) is 7.40. The molecule has 0 radical (unpaired) electrons. The minimum absolute atomic E-state index is 0.252. The highest BCUT2D eigenvalue weighted by molar-refractivity contribution is 5.98. The van der Waals surface area contributed by atoms with E-state index in [4.69, 9.17) is 4.74 Å². The Morgan fingerprint density at radius 3 is 2.84 bits per heavy atom. The van der Waals surface area contributed by atoms with Gasteiger partial charge in [-0.25, -0.2) is 4.79 Å². The molecule has 3 atom stereocenters. The highest BCUT2D eigenvalue weighted by Crippen LogP contribution is 2.66. The smallest absolute Gasteiger partial charge is 0.341 e. The fraction of sp³-hybridized carbons (Fsp3) is 0.619. The Morgan fingerprint density at radius 2 is 2.20 bits per heavy atom. The van der Waals surface area contributed by atoms with Gasteiger partial charge in [-0.15, -0.1) is 0 Å². The number of fused-ring (bicyclic) bond motifs is 3. The van der Waals surface area contributed by atoms with Crippen molar-refractivity contribution in [3.05, 3.63) is 29.1 Å². The number of pyridine rings is 1. The number of ether oxygens (including phenoxy) is 1. The molecule has 2 fully saturated rings. The van der Waals surface area contributed by atoms with Gasteiger partial charge in [0.2, 0.25) is 0 Å². The number of esters is 1. The second kappa shape index (κ2) is 5.58. The first kappa shape index (κ1) is 16.6. The summed E-state index contributed by atoms with van der Waals surface area (Å²) in [5, 5.41) is 3.78. The summed E-state index contributed by atoms with van der Waals surface area (Å²) in [5.74, 6) is 0.472. The normalized spacial score (nSPS) is 31.2. The predicted octanol–water partition coefficient (Wildman–Crippen LogP) is 4.45. The lowest BCUT2D eigenvalue weighted by molar-refractivity contribution is 0.0526. The first-order valence-electron chi connectivity index (χ1n) is 9.50. The molecule has 1 aromatic rings. The van der Waals surface area contributed by atoms with E-state index in [9.17, 15) is 4.79 Å². The van der Waals surface area contributed by atoms with Gasteiger partial charge in [-0.05, 0) is 42.9 Å². The van der Waals surface area contributed by atoms with Crippen LogP contribution in [0.25, 0.3) is 6.08 Å². The zero-order chi connectivity index (χ0) is 17.8. The van der Waals surface area contributed by atoms with Crippen LogP contribution >= 0.6 is 0 Å². The molecule has 3 aliphatic rings. The fourth-order valence-electron chi connectivity index (χ4n) is 5.31. The topological polar surface area (TPSA) is 51.2 Å². The van der Waals surface area contributed by atoms with Crippen molar-refractivity contribution in [1.82, 2.24) is 4.98 Å². The van der Waals surface area contributed by atoms with E-state index in [1.165, 1.54) is 19.3 Å². The van der Waals surface area contributed by atoms with E-state index in [1.807, 2.05) is 6.92 Å². The van der Waals surface area contributed by atoms with Crippen molar-refractivity contribution in [2.75, 3.05) is 11.9 Å². The van der Waals surface area contributed by atoms with Crippen molar-refractivity contribution in [2.24, 2.45) is 16.7 Å². The van der Waals surface area contributed by atoms with Crippen LogP contribution in [0.3, 0.4) is 0 Å². The summed E-state index contributed by atoms with van der Waals surface area (Å²) in [6, 6.07) is 0.384. The Labute approximate surface area is 150 Å². The van der Waals surface area contributed by atoms with Crippen molar-refractivity contribution in [2.45, 2.75) is 59.4 Å². The summed E-state index contributed by atoms with van der Waals surface area (Å²) in [5.41, 5.74) is 4.18. The highest BCUT2D eigenvalue weighted by atomic mass is 16.5. The van der Waals surface area contributed by atoms with E-state index in [1.54, 1.807) is 6.20 Å². The minimum Gasteiger partial charge on any atom is -0.462 e. The maximum atomic E-state index is 12.5. The van der Waals surface area contributed by atoms with Crippen LogP contribution in [0.15, 0.2) is 12.3 Å². The largest absolute Gasteiger partial charge is 0.462 e. The van der Waals surface area contributed by atoms with Crippen LogP contribution < -0.4 is 5.32 Å². The number of aromatic nitrogens is 1. The molecule has 4 rings (SSSR count). The molecule has 2 bridgehead atoms. The van der Waals surface area contributed by atoms with E-state index < -0.39 is 0 Å². The Morgan fingerprint density at radius 1 is 1.40 bits per heavy atom. The maximum Gasteiger partial charge on any atom is 0.341 e. The number of carbonyl (C=O) groups excluding carboxylic acids is 1. The number of nitrogens with zero attached hydrogens (tertiary/aromatic N) is 1. The molecule has 0 saturated heterocycles. The van der Waals surface area contributed by atoms with Gasteiger partial charge in [-0.2, -0.15) is 0 Å². The van der Waals surface area contributed by atoms with Gasteiger partial charge >= 0.3 is 5.97 Å². The lowest BCUT2D eigenvalue weighted by Gasteiger charge is -2.40. The molecule has 0 amide bonds. The van der Waals surface area contributed by atoms with Crippen LogP contribution in [-0.2, 0) is 11.2 Å². The first-order valence-corrected chi connectivity index (χ1v) is 9.50. The molecule has 3 aliphatic carbocycles. The van der Waals surface area contributed by atoms with Crippen molar-refractivity contribution >= 4 is 17.7 Å². The molecule has 4 heteroatoms. The van der Waals surface area contributed by atoms with E-state index in [-0.39, 0.29) is 11.4 Å². The number of allylic oxidation sites excluding steroid dienone is 1. The lowest BCUT2D eigenvalue weighted by Crippen LogP contribution is -2.40. The third kappa shape index (κ3) is 2.26. The molecule has 2 saturated carbocycles. The van der Waals surface area contributed by atoms with Gasteiger partial charge in [-0.3, -0.25) is 4.98 Å². The standard InChI is InChI=1S/C21H28N2O2/c1-5-25-19(24)15-12-22-16-8-6-7-14(16)18(15)23-17-11-13-9-10-21(17,4)20(13,2)3/h6-7,12-13,17H,5,8-11H2,1-4H3,(H,22,23)/t13-,17+,21+/m1/s1. The molecular weight excluding hydrogens is 312 g/mol. The Balaban J connectivity index is 1.72. The summed E-state index contributed by atoms with van der Waals surface area (Å²) in [6.45, 7) is 9.45. The summed E-state index contributed by atoms with van der Waals surface area (Å²) >= 11 is 0. The minimum atomic E-state index is -0.284. The first-order chi connectivity index (χ1) is 11.9. The number of hydrogen-bond acceptors (Lipinski definition) is 4. The van der Waals surface area contributed by atoms with Crippen LogP contribution in [0.4, 0.5) is 5.69 Å². The van der Waals surface area contributed by atoms with Crippen LogP contribution in [0.2, 0.25) is 0 Å². The van der Waals surface area contributed by atoms with Crippen LogP contribution in [0, 0.1) is 16.7 Å². The van der Waals surface area contributed by atoms with E-state index in [2.05, 4.69) is 43.2 Å². The fourth-order valence-corrected chi connectivity index (χ4v) is 5.31. The molecular formula is C21H28N2O2. The van der Waals surface area contributed by atoms with E-state index in [0.29, 0.717) is 23.6 Å². The summed E-state index contributed by atoms with van der Waals surface area (Å²) < 4.78 is 5.28. The van der Waals surface area contributed by atoms with Crippen LogP contribution in [0.1, 0.15) is 68.6 Å². The molecule has 25 heavy (non-hydrogen) atoms. The van der Waals surface area contributed by atoms with Crippen LogP contribution in [0.5, 0.6) is 0 Å². The monoisotopic (exact) mass is 340 g/mol. The summed E-state index contributed by atoms with van der Waals surface area (Å²) in [4.78, 5) is 17.0. The lowest BCUT2D eigenvalue weighted by atomic mass is 9.69. The van der Waals surface area contributed by atoms with Gasteiger partial charge in [0.05, 0.1) is 18.0 Å². The van der Waals surface area contributed by atoms with Crippen molar-refractivity contribution in [3.63, 3.8) is 0 Å². The number of hydrogen-bond donors (Lipinski definition) is 1. The van der Waals surface area contributed by atoms with Gasteiger partial charge in [0.15, 0.2) is 0 Å². The average Bonchev–Trinajstić information content (AvgIpc) is 3.18. The van der Waals surface area contributed by atoms with E-state index in [0.717, 1.165) is 29.3 Å². The Bertz CT molecular complexity index is 753. The van der Waals surface area contributed by atoms with Gasteiger partial charge in [0.25, 0.3) is 0 Å². The Kier molecular flexibility index (Phi) is 3.71. The third-order valence-corrected chi connectivity index (χ3v) is 7.40. The quantitative estimate of drug-likeness (QED) is 0.823. The average molecular weight is 340 g/mol. The molecule has 1 aromatic heterocycles. The highest BCUT2D eigenvalue weighted by Gasteiger charge is 2.61. The van der Waals surface area contributed by atoms with Gasteiger partial charge in [0.1, 0.15) is 5.56 Å². The molecule has 0 unspecified atom stereocenters. The van der Waals surface area contributed by atoms with Gasteiger partial charge < -0.3 is 10.1 Å². The summed E-state index contributed by atoms with van der Waals surface area (Å²) in [7, 11) is 0. The number of carbonyl (C=O) groups is 1. The van der Waals surface area contributed by atoms with Gasteiger partial charge in [-0.1, -0.05) is 32.9 Å². The van der Waals surface area contributed by atoms with Crippen molar-refractivity contribution < 1.29 is 9.53 Å². The Hall–Kier alpha value is -1.84. The predicted molar refractivity (Wildman–Crippen MR) is 99.6 cm³/mol. The molecule has 0 spiro atoms. The number of nitrogens with one attached hydrogen (secondary N) is 1.